The van der Waals surface area contributed by atoms with Crippen LogP contribution in [0.3, 0.4) is 0 Å². The fourth-order valence-electron chi connectivity index (χ4n) is 7.95. The quantitative estimate of drug-likeness (QED) is 0.0598. The molecule has 0 saturated carbocycles. The topological polar surface area (TPSA) is 6.48 Å². The van der Waals surface area contributed by atoms with Crippen molar-refractivity contribution in [2.45, 2.75) is 271 Å². The maximum absolute atomic E-state index is 2.72. The van der Waals surface area contributed by atoms with Gasteiger partial charge in [-0.1, -0.05) is 239 Å². The Morgan fingerprint density at radius 3 is 0.729 bits per heavy atom. The summed E-state index contributed by atoms with van der Waals surface area (Å²) in [4.78, 5) is 5.43. The summed E-state index contributed by atoms with van der Waals surface area (Å²) in [5, 5.41) is 0. The minimum absolute atomic E-state index is 0.638. The summed E-state index contributed by atoms with van der Waals surface area (Å²) >= 11 is 0. The highest BCUT2D eigenvalue weighted by Gasteiger charge is 2.24. The normalized spacial score (nSPS) is 14.6. The first-order valence-corrected chi connectivity index (χ1v) is 23.0. The fraction of sp³-hybridized carbons (Fsp3) is 0.957. The molecular formula is C46H92N2. The number of hydrogen-bond donors (Lipinski definition) is 0. The maximum atomic E-state index is 2.72. The molecule has 0 saturated heterocycles. The lowest BCUT2D eigenvalue weighted by molar-refractivity contribution is 0.135. The van der Waals surface area contributed by atoms with Gasteiger partial charge >= 0.3 is 0 Å². The third-order valence-electron chi connectivity index (χ3n) is 11.3. The average molecular weight is 673 g/mol. The zero-order valence-electron chi connectivity index (χ0n) is 33.9. The monoisotopic (exact) mass is 673 g/mol. The molecule has 1 aliphatic rings. The Hall–Kier alpha value is -0.660. The van der Waals surface area contributed by atoms with Gasteiger partial charge in [-0.25, -0.2) is 0 Å². The lowest BCUT2D eigenvalue weighted by Gasteiger charge is -2.33. The summed E-state index contributed by atoms with van der Waals surface area (Å²) in [7, 11) is 0. The predicted octanol–water partition coefficient (Wildman–Crippen LogP) is 16.3. The summed E-state index contributed by atoms with van der Waals surface area (Å²) in [6.45, 7) is 9.49. The van der Waals surface area contributed by atoms with E-state index in [1.807, 2.05) is 0 Å². The molecule has 2 nitrogen and oxygen atoms in total. The molecule has 0 N–H and O–H groups in total. The summed E-state index contributed by atoms with van der Waals surface area (Å²) in [6, 6.07) is 0. The summed E-state index contributed by atoms with van der Waals surface area (Å²) in [6.07, 6.45) is 60.4. The van der Waals surface area contributed by atoms with Gasteiger partial charge in [0.05, 0.1) is 0 Å². The van der Waals surface area contributed by atoms with Crippen LogP contribution in [0.25, 0.3) is 0 Å². The van der Waals surface area contributed by atoms with E-state index in [9.17, 15) is 0 Å². The summed E-state index contributed by atoms with van der Waals surface area (Å²) in [5.41, 5.74) is 0. The van der Waals surface area contributed by atoms with Crippen LogP contribution in [0.1, 0.15) is 265 Å². The maximum Gasteiger partial charge on any atom is 0.101 e. The van der Waals surface area contributed by atoms with Crippen LogP contribution >= 0.6 is 0 Å². The molecule has 0 amide bonds. The van der Waals surface area contributed by atoms with Crippen LogP contribution < -0.4 is 0 Å². The zero-order valence-corrected chi connectivity index (χ0v) is 33.9. The molecular weight excluding hydrogens is 581 g/mol. The molecule has 1 heterocycles. The van der Waals surface area contributed by atoms with Crippen molar-refractivity contribution in [3.05, 3.63) is 12.4 Å². The van der Waals surface area contributed by atoms with Gasteiger partial charge in [-0.05, 0) is 25.7 Å². The van der Waals surface area contributed by atoms with E-state index >= 15 is 0 Å². The molecule has 0 fully saturated rings. The highest BCUT2D eigenvalue weighted by molar-refractivity contribution is 4.97. The van der Waals surface area contributed by atoms with Crippen molar-refractivity contribution in [2.75, 3.05) is 13.1 Å². The van der Waals surface area contributed by atoms with Crippen LogP contribution in [-0.4, -0.2) is 29.1 Å². The first-order chi connectivity index (χ1) is 23.8. The van der Waals surface area contributed by atoms with Crippen molar-refractivity contribution < 1.29 is 0 Å². The molecule has 0 radical (unpaired) electrons. The number of unbranched alkanes of at least 4 members (excludes halogenated alkanes) is 34. The molecule has 1 unspecified atom stereocenters. The average Bonchev–Trinajstić information content (AvgIpc) is 3.48. The lowest BCUT2D eigenvalue weighted by atomic mass is 10.0. The standard InChI is InChI=1S/C46H92N2/c1-4-7-10-13-15-17-19-21-23-24-25-27-29-31-33-35-38-41-46-47(42-39-36-12-9-6-3)44-45-48(46)43-40-37-34-32-30-28-26-22-20-18-16-14-11-8-5-2/h44-46H,4-43H2,1-3H3. The van der Waals surface area contributed by atoms with Crippen molar-refractivity contribution in [1.82, 2.24) is 9.80 Å². The van der Waals surface area contributed by atoms with Gasteiger partial charge in [0.15, 0.2) is 0 Å². The first-order valence-electron chi connectivity index (χ1n) is 23.0. The molecule has 1 rings (SSSR count). The minimum Gasteiger partial charge on any atom is -0.356 e. The number of nitrogens with zero attached hydrogens (tertiary/aromatic N) is 2. The van der Waals surface area contributed by atoms with Gasteiger partial charge in [0.1, 0.15) is 6.17 Å². The number of rotatable bonds is 40. The van der Waals surface area contributed by atoms with E-state index in [1.165, 1.54) is 257 Å². The fourth-order valence-corrected chi connectivity index (χ4v) is 7.95. The van der Waals surface area contributed by atoms with E-state index in [0.717, 1.165) is 0 Å². The van der Waals surface area contributed by atoms with E-state index in [2.05, 4.69) is 43.0 Å². The Kier molecular flexibility index (Phi) is 35.5. The zero-order chi connectivity index (χ0) is 34.4. The van der Waals surface area contributed by atoms with Gasteiger partial charge in [0, 0.05) is 25.5 Å². The van der Waals surface area contributed by atoms with Crippen molar-refractivity contribution in [3.8, 4) is 0 Å². The Morgan fingerprint density at radius 1 is 0.271 bits per heavy atom. The highest BCUT2D eigenvalue weighted by atomic mass is 15.4. The Balaban J connectivity index is 2.09. The van der Waals surface area contributed by atoms with Crippen molar-refractivity contribution >= 4 is 0 Å². The second-order valence-electron chi connectivity index (χ2n) is 16.1. The van der Waals surface area contributed by atoms with E-state index in [0.29, 0.717) is 6.17 Å². The van der Waals surface area contributed by atoms with E-state index in [4.69, 9.17) is 0 Å². The van der Waals surface area contributed by atoms with E-state index < -0.39 is 0 Å². The SMILES string of the molecule is CCCCCCCCCCCCCCCCCCCC1N(CCCCCCC)C=CN1CCCCCCCCCCCCCCCCC. The lowest BCUT2D eigenvalue weighted by Crippen LogP contribution is -2.39. The smallest absolute Gasteiger partial charge is 0.101 e. The van der Waals surface area contributed by atoms with Crippen LogP contribution in [0.5, 0.6) is 0 Å². The van der Waals surface area contributed by atoms with Crippen LogP contribution in [-0.2, 0) is 0 Å². The van der Waals surface area contributed by atoms with E-state index in [-0.39, 0.29) is 0 Å². The van der Waals surface area contributed by atoms with Crippen molar-refractivity contribution in [3.63, 3.8) is 0 Å². The molecule has 1 aliphatic heterocycles. The largest absolute Gasteiger partial charge is 0.356 e. The molecule has 48 heavy (non-hydrogen) atoms. The van der Waals surface area contributed by atoms with Gasteiger partial charge in [-0.15, -0.1) is 0 Å². The number of hydrogen-bond acceptors (Lipinski definition) is 2. The van der Waals surface area contributed by atoms with E-state index in [1.54, 1.807) is 0 Å². The molecule has 1 atom stereocenters. The van der Waals surface area contributed by atoms with Gasteiger partial charge in [-0.2, -0.15) is 0 Å². The second kappa shape index (κ2) is 37.6. The Labute approximate surface area is 305 Å². The van der Waals surface area contributed by atoms with Crippen LogP contribution in [0.4, 0.5) is 0 Å². The minimum atomic E-state index is 0.638. The van der Waals surface area contributed by atoms with Gasteiger partial charge < -0.3 is 9.80 Å². The molecule has 0 aromatic rings. The summed E-state index contributed by atoms with van der Waals surface area (Å²) < 4.78 is 0. The van der Waals surface area contributed by atoms with Gasteiger partial charge in [-0.3, -0.25) is 0 Å². The molecule has 0 bridgehead atoms. The summed E-state index contributed by atoms with van der Waals surface area (Å²) in [5.74, 6) is 0. The molecule has 0 aromatic carbocycles. The Bertz CT molecular complexity index is 630. The second-order valence-corrected chi connectivity index (χ2v) is 16.1. The van der Waals surface area contributed by atoms with Crippen LogP contribution in [0.15, 0.2) is 12.4 Å². The molecule has 286 valence electrons. The van der Waals surface area contributed by atoms with Crippen LogP contribution in [0, 0.1) is 0 Å². The van der Waals surface area contributed by atoms with Gasteiger partial charge in [0.2, 0.25) is 0 Å². The van der Waals surface area contributed by atoms with Crippen molar-refractivity contribution in [2.24, 2.45) is 0 Å². The highest BCUT2D eigenvalue weighted by Crippen LogP contribution is 2.24. The third kappa shape index (κ3) is 29.1. The molecule has 0 aromatic heterocycles. The van der Waals surface area contributed by atoms with Crippen LogP contribution in [0.2, 0.25) is 0 Å². The first kappa shape index (κ1) is 45.4. The Morgan fingerprint density at radius 2 is 0.479 bits per heavy atom. The third-order valence-corrected chi connectivity index (χ3v) is 11.3. The predicted molar refractivity (Wildman–Crippen MR) is 219 cm³/mol. The van der Waals surface area contributed by atoms with Crippen molar-refractivity contribution in [1.29, 1.82) is 0 Å². The molecule has 0 spiro atoms. The van der Waals surface area contributed by atoms with Gasteiger partial charge in [0.25, 0.3) is 0 Å². The molecule has 0 aliphatic carbocycles. The molecule has 2 heteroatoms.